The number of rotatable bonds is 6. The third kappa shape index (κ3) is 4.33. The third-order valence-corrected chi connectivity index (χ3v) is 6.32. The average molecular weight is 486 g/mol. The van der Waals surface area contributed by atoms with Gasteiger partial charge >= 0.3 is 0 Å². The molecule has 0 spiro atoms. The number of anilines is 2. The van der Waals surface area contributed by atoms with Gasteiger partial charge in [0.2, 0.25) is 0 Å². The van der Waals surface area contributed by atoms with E-state index in [9.17, 15) is 10.1 Å². The summed E-state index contributed by atoms with van der Waals surface area (Å²) in [6.45, 7) is 0. The highest BCUT2D eigenvalue weighted by Crippen LogP contribution is 2.43. The standard InChI is InChI=1S/C26H23N5O3S/c1-29(2)18-9-11-19(12-10-18)30-25(24(28-26(30)35)21-8-3-4-15-27-21)23-14-13-22(34-23)17-6-5-7-20(16-17)31(32)33/h3-16,24-25H,1-2H3,(H,28,35)/t24-,25-/m1/s1. The maximum absolute atomic E-state index is 11.2. The highest BCUT2D eigenvalue weighted by molar-refractivity contribution is 7.80. The van der Waals surface area contributed by atoms with Gasteiger partial charge in [0.05, 0.1) is 16.7 Å². The molecule has 1 aliphatic rings. The lowest BCUT2D eigenvalue weighted by atomic mass is 10.0. The van der Waals surface area contributed by atoms with Crippen molar-refractivity contribution in [3.05, 3.63) is 107 Å². The van der Waals surface area contributed by atoms with Gasteiger partial charge in [0.25, 0.3) is 5.69 Å². The van der Waals surface area contributed by atoms with Gasteiger partial charge in [-0.05, 0) is 60.7 Å². The molecular formula is C26H23N5O3S. The Morgan fingerprint density at radius 3 is 2.54 bits per heavy atom. The molecule has 3 heterocycles. The minimum Gasteiger partial charge on any atom is -0.459 e. The lowest BCUT2D eigenvalue weighted by Gasteiger charge is -2.26. The monoisotopic (exact) mass is 485 g/mol. The van der Waals surface area contributed by atoms with Crippen molar-refractivity contribution in [3.8, 4) is 11.3 Å². The van der Waals surface area contributed by atoms with Gasteiger partial charge in [-0.2, -0.15) is 0 Å². The van der Waals surface area contributed by atoms with E-state index >= 15 is 0 Å². The normalized spacial score (nSPS) is 17.3. The van der Waals surface area contributed by atoms with Crippen LogP contribution in [0.25, 0.3) is 11.3 Å². The summed E-state index contributed by atoms with van der Waals surface area (Å²) in [5.74, 6) is 1.22. The highest BCUT2D eigenvalue weighted by atomic mass is 32.1. The van der Waals surface area contributed by atoms with Crippen LogP contribution in [0, 0.1) is 10.1 Å². The van der Waals surface area contributed by atoms with Crippen LogP contribution in [0.4, 0.5) is 17.1 Å². The molecule has 35 heavy (non-hydrogen) atoms. The summed E-state index contributed by atoms with van der Waals surface area (Å²) in [5.41, 5.74) is 3.48. The molecule has 2 atom stereocenters. The van der Waals surface area contributed by atoms with Gasteiger partial charge in [0.15, 0.2) is 5.11 Å². The van der Waals surface area contributed by atoms with Crippen LogP contribution in [-0.4, -0.2) is 29.1 Å². The maximum atomic E-state index is 11.2. The van der Waals surface area contributed by atoms with Crippen molar-refractivity contribution >= 4 is 34.4 Å². The number of hydrogen-bond donors (Lipinski definition) is 1. The molecular weight excluding hydrogens is 462 g/mol. The zero-order valence-corrected chi connectivity index (χ0v) is 20.0. The summed E-state index contributed by atoms with van der Waals surface area (Å²) in [5, 5.41) is 15.2. The predicted molar refractivity (Wildman–Crippen MR) is 139 cm³/mol. The minimum absolute atomic E-state index is 0.0122. The van der Waals surface area contributed by atoms with E-state index in [-0.39, 0.29) is 17.8 Å². The molecule has 1 aliphatic heterocycles. The molecule has 4 aromatic rings. The van der Waals surface area contributed by atoms with Gasteiger partial charge in [0, 0.05) is 49.4 Å². The predicted octanol–water partition coefficient (Wildman–Crippen LogP) is 5.49. The Bertz CT molecular complexity index is 1370. The first-order valence-corrected chi connectivity index (χ1v) is 11.5. The van der Waals surface area contributed by atoms with Crippen molar-refractivity contribution in [2.24, 2.45) is 0 Å². The van der Waals surface area contributed by atoms with Crippen molar-refractivity contribution in [2.45, 2.75) is 12.1 Å². The van der Waals surface area contributed by atoms with Gasteiger partial charge in [-0.25, -0.2) is 0 Å². The Hall–Kier alpha value is -4.24. The van der Waals surface area contributed by atoms with E-state index in [1.54, 1.807) is 18.3 Å². The topological polar surface area (TPSA) is 87.7 Å². The molecule has 0 saturated carbocycles. The van der Waals surface area contributed by atoms with Gasteiger partial charge in [-0.3, -0.25) is 15.1 Å². The van der Waals surface area contributed by atoms with Crippen LogP contribution in [0.2, 0.25) is 0 Å². The molecule has 1 fully saturated rings. The number of furan rings is 1. The molecule has 8 nitrogen and oxygen atoms in total. The first-order chi connectivity index (χ1) is 16.9. The number of hydrogen-bond acceptors (Lipinski definition) is 6. The summed E-state index contributed by atoms with van der Waals surface area (Å²) in [6, 6.07) is 23.5. The van der Waals surface area contributed by atoms with E-state index in [4.69, 9.17) is 16.6 Å². The van der Waals surface area contributed by atoms with Crippen LogP contribution in [0.3, 0.4) is 0 Å². The number of nitro groups is 1. The molecule has 2 aromatic heterocycles. The van der Waals surface area contributed by atoms with Crippen molar-refractivity contribution in [1.29, 1.82) is 0 Å². The summed E-state index contributed by atoms with van der Waals surface area (Å²) in [4.78, 5) is 19.5. The molecule has 9 heteroatoms. The first-order valence-electron chi connectivity index (χ1n) is 11.0. The quantitative estimate of drug-likeness (QED) is 0.218. The molecule has 0 radical (unpaired) electrons. The molecule has 5 rings (SSSR count). The summed E-state index contributed by atoms with van der Waals surface area (Å²) in [7, 11) is 3.99. The van der Waals surface area contributed by atoms with Gasteiger partial charge in [0.1, 0.15) is 17.6 Å². The Labute approximate surface area is 208 Å². The lowest BCUT2D eigenvalue weighted by Crippen LogP contribution is -2.29. The van der Waals surface area contributed by atoms with Crippen LogP contribution >= 0.6 is 12.2 Å². The fourth-order valence-electron chi connectivity index (χ4n) is 4.27. The number of benzene rings is 2. The van der Waals surface area contributed by atoms with Crippen LogP contribution in [0.15, 0.2) is 89.5 Å². The average Bonchev–Trinajstić information content (AvgIpc) is 3.49. The largest absolute Gasteiger partial charge is 0.459 e. The maximum Gasteiger partial charge on any atom is 0.270 e. The number of nitro benzene ring substituents is 1. The van der Waals surface area contributed by atoms with Crippen molar-refractivity contribution < 1.29 is 9.34 Å². The second-order valence-electron chi connectivity index (χ2n) is 8.42. The Kier molecular flexibility index (Phi) is 5.92. The van der Waals surface area contributed by atoms with Gasteiger partial charge < -0.3 is 19.5 Å². The second kappa shape index (κ2) is 9.19. The number of pyridine rings is 1. The van der Waals surface area contributed by atoms with E-state index in [0.717, 1.165) is 17.1 Å². The van der Waals surface area contributed by atoms with Gasteiger partial charge in [-0.15, -0.1) is 0 Å². The second-order valence-corrected chi connectivity index (χ2v) is 8.80. The Balaban J connectivity index is 1.57. The van der Waals surface area contributed by atoms with E-state index in [1.807, 2.05) is 78.5 Å². The third-order valence-electron chi connectivity index (χ3n) is 6.00. The van der Waals surface area contributed by atoms with E-state index in [2.05, 4.69) is 10.3 Å². The van der Waals surface area contributed by atoms with Crippen LogP contribution < -0.4 is 15.1 Å². The minimum atomic E-state index is -0.414. The fraction of sp³-hybridized carbons (Fsp3) is 0.154. The molecule has 1 saturated heterocycles. The van der Waals surface area contributed by atoms with Crippen LogP contribution in [0.1, 0.15) is 23.5 Å². The number of nitrogens with zero attached hydrogens (tertiary/aromatic N) is 4. The van der Waals surface area contributed by atoms with E-state index < -0.39 is 4.92 Å². The molecule has 0 unspecified atom stereocenters. The zero-order chi connectivity index (χ0) is 24.5. The molecule has 0 bridgehead atoms. The summed E-state index contributed by atoms with van der Waals surface area (Å²) < 4.78 is 6.30. The Morgan fingerprint density at radius 2 is 1.86 bits per heavy atom. The summed E-state index contributed by atoms with van der Waals surface area (Å²) >= 11 is 5.77. The molecule has 2 aromatic carbocycles. The molecule has 0 amide bonds. The fourth-order valence-corrected chi connectivity index (χ4v) is 4.62. The lowest BCUT2D eigenvalue weighted by molar-refractivity contribution is -0.384. The number of aromatic nitrogens is 1. The van der Waals surface area contributed by atoms with E-state index in [0.29, 0.717) is 22.2 Å². The van der Waals surface area contributed by atoms with Crippen LogP contribution in [-0.2, 0) is 0 Å². The Morgan fingerprint density at radius 1 is 1.06 bits per heavy atom. The number of non-ortho nitro benzene ring substituents is 1. The van der Waals surface area contributed by atoms with Crippen molar-refractivity contribution in [2.75, 3.05) is 23.9 Å². The van der Waals surface area contributed by atoms with Crippen LogP contribution in [0.5, 0.6) is 0 Å². The summed E-state index contributed by atoms with van der Waals surface area (Å²) in [6.07, 6.45) is 1.75. The molecule has 0 aliphatic carbocycles. The first kappa shape index (κ1) is 22.5. The molecule has 1 N–H and O–H groups in total. The van der Waals surface area contributed by atoms with E-state index in [1.165, 1.54) is 12.1 Å². The molecule has 176 valence electrons. The zero-order valence-electron chi connectivity index (χ0n) is 19.2. The van der Waals surface area contributed by atoms with Crippen molar-refractivity contribution in [1.82, 2.24) is 10.3 Å². The SMILES string of the molecule is CN(C)c1ccc(N2C(=S)N[C@H](c3ccccn3)[C@H]2c2ccc(-c3cccc([N+](=O)[O-])c3)o2)cc1. The highest BCUT2D eigenvalue weighted by Gasteiger charge is 2.42. The van der Waals surface area contributed by atoms with Crippen molar-refractivity contribution in [3.63, 3.8) is 0 Å². The number of thiocarbonyl (C=S) groups is 1. The number of nitrogens with one attached hydrogen (secondary N) is 1. The van der Waals surface area contributed by atoms with Gasteiger partial charge in [-0.1, -0.05) is 18.2 Å². The smallest absolute Gasteiger partial charge is 0.270 e.